The zero-order valence-electron chi connectivity index (χ0n) is 40.7. The molecular weight excluding hydrogens is 824 g/mol. The molecule has 0 spiro atoms. The van der Waals surface area contributed by atoms with Crippen molar-refractivity contribution in [2.24, 2.45) is 0 Å². The zero-order chi connectivity index (χ0) is 46.9. The van der Waals surface area contributed by atoms with Crippen molar-refractivity contribution < 1.29 is 4.42 Å². The van der Waals surface area contributed by atoms with Crippen LogP contribution in [-0.4, -0.2) is 11.3 Å². The number of fused-ring (bicyclic) bond motifs is 5. The first kappa shape index (κ1) is 42.1. The second-order valence-electron chi connectivity index (χ2n) is 22.2. The van der Waals surface area contributed by atoms with Gasteiger partial charge in [0, 0.05) is 61.3 Å². The van der Waals surface area contributed by atoms with E-state index in [4.69, 9.17) is 4.42 Å². The number of benzene rings is 8. The number of hydrogen-bond donors (Lipinski definition) is 0. The number of rotatable bonds is 5. The summed E-state index contributed by atoms with van der Waals surface area (Å²) in [5.41, 5.74) is 22.7. The summed E-state index contributed by atoms with van der Waals surface area (Å²) in [6.07, 6.45) is 0. The van der Waals surface area contributed by atoms with E-state index in [1.807, 2.05) is 0 Å². The summed E-state index contributed by atoms with van der Waals surface area (Å²) in [6, 6.07) is 67.9. The molecule has 4 heteroatoms. The van der Waals surface area contributed by atoms with Crippen LogP contribution in [0.1, 0.15) is 79.0 Å². The van der Waals surface area contributed by atoms with Gasteiger partial charge in [0.25, 0.3) is 0 Å². The first-order valence-electron chi connectivity index (χ1n) is 24.3. The van der Waals surface area contributed by atoms with E-state index >= 15 is 0 Å². The van der Waals surface area contributed by atoms with Crippen LogP contribution in [0, 0.1) is 0 Å². The molecule has 4 heterocycles. The van der Waals surface area contributed by atoms with Gasteiger partial charge in [-0.05, 0) is 109 Å². The normalized spacial score (nSPS) is 13.3. The molecule has 0 aliphatic carbocycles. The Balaban J connectivity index is 1.29. The molecule has 2 aliphatic rings. The third-order valence-corrected chi connectivity index (χ3v) is 14.6. The Morgan fingerprint density at radius 2 is 0.941 bits per heavy atom. The highest BCUT2D eigenvalue weighted by atomic mass is 16.3. The fraction of sp³-hybridized carbons (Fsp3) is 0.188. The molecule has 10 aromatic rings. The third kappa shape index (κ3) is 6.55. The zero-order valence-corrected chi connectivity index (χ0v) is 40.7. The van der Waals surface area contributed by atoms with E-state index in [0.717, 1.165) is 44.8 Å². The molecule has 8 aromatic carbocycles. The highest BCUT2D eigenvalue weighted by Gasteiger charge is 2.46. The van der Waals surface area contributed by atoms with Gasteiger partial charge in [-0.2, -0.15) is 0 Å². The highest BCUT2D eigenvalue weighted by Crippen LogP contribution is 2.52. The van der Waals surface area contributed by atoms with E-state index in [2.05, 4.69) is 254 Å². The third-order valence-electron chi connectivity index (χ3n) is 14.6. The van der Waals surface area contributed by atoms with Gasteiger partial charge < -0.3 is 13.8 Å². The van der Waals surface area contributed by atoms with Crippen LogP contribution in [0.5, 0.6) is 0 Å². The van der Waals surface area contributed by atoms with Crippen molar-refractivity contribution in [3.05, 3.63) is 199 Å². The lowest BCUT2D eigenvalue weighted by Crippen LogP contribution is -2.57. The van der Waals surface area contributed by atoms with E-state index < -0.39 is 0 Å². The molecule has 68 heavy (non-hydrogen) atoms. The Bertz CT molecular complexity index is 3580. The minimum absolute atomic E-state index is 0.00863. The minimum atomic E-state index is -0.188. The second kappa shape index (κ2) is 15.1. The lowest BCUT2D eigenvalue weighted by Gasteiger charge is -2.42. The molecule has 0 amide bonds. The molecule has 332 valence electrons. The van der Waals surface area contributed by atoms with Gasteiger partial charge in [0.1, 0.15) is 11.3 Å². The van der Waals surface area contributed by atoms with Crippen molar-refractivity contribution >= 4 is 56.7 Å². The molecule has 0 fully saturated rings. The van der Waals surface area contributed by atoms with Crippen LogP contribution >= 0.6 is 0 Å². The van der Waals surface area contributed by atoms with Crippen LogP contribution in [0.25, 0.3) is 77.8 Å². The maximum absolute atomic E-state index is 7.25. The second-order valence-corrected chi connectivity index (χ2v) is 22.2. The van der Waals surface area contributed by atoms with E-state index in [-0.39, 0.29) is 23.1 Å². The lowest BCUT2D eigenvalue weighted by molar-refractivity contribution is 0.589. The Morgan fingerprint density at radius 1 is 0.426 bits per heavy atom. The molecule has 0 N–H and O–H groups in total. The van der Waals surface area contributed by atoms with Crippen LogP contribution in [-0.2, 0) is 16.2 Å². The van der Waals surface area contributed by atoms with Gasteiger partial charge in [-0.15, -0.1) is 0 Å². The van der Waals surface area contributed by atoms with Crippen LogP contribution in [0.4, 0.5) is 17.1 Å². The van der Waals surface area contributed by atoms with Gasteiger partial charge >= 0.3 is 6.85 Å². The van der Waals surface area contributed by atoms with E-state index in [9.17, 15) is 0 Å². The first-order valence-corrected chi connectivity index (χ1v) is 24.3. The summed E-state index contributed by atoms with van der Waals surface area (Å²) in [4.78, 5) is 2.58. The molecule has 2 aliphatic heterocycles. The smallest absolute Gasteiger partial charge is 0.333 e. The molecule has 0 saturated carbocycles. The molecular formula is C64H57BN2O. The lowest BCUT2D eigenvalue weighted by atomic mass is 9.44. The SMILES string of the molecule is CC(C)(C)c1ccc(N2c3cc4c(-c5ccccc5)c(-c5ccccc5)oc4cc3B3c4c(cc(C(C)(C)C)cc42)-c2cc(C(C)(C)C)cc4c(-c5ccccc5)c(-c5ccccc5)n3c24)cc1. The van der Waals surface area contributed by atoms with Crippen molar-refractivity contribution in [2.45, 2.75) is 78.6 Å². The molecule has 0 unspecified atom stereocenters. The molecule has 0 bridgehead atoms. The molecule has 0 saturated heterocycles. The minimum Gasteiger partial charge on any atom is -0.455 e. The van der Waals surface area contributed by atoms with Crippen molar-refractivity contribution in [2.75, 3.05) is 4.90 Å². The maximum atomic E-state index is 7.25. The van der Waals surface area contributed by atoms with Gasteiger partial charge in [0.2, 0.25) is 0 Å². The average Bonchev–Trinajstić information content (AvgIpc) is 3.88. The molecule has 3 nitrogen and oxygen atoms in total. The Hall–Kier alpha value is -7.30. The predicted molar refractivity (Wildman–Crippen MR) is 290 cm³/mol. The van der Waals surface area contributed by atoms with Crippen molar-refractivity contribution in [1.82, 2.24) is 4.48 Å². The summed E-state index contributed by atoms with van der Waals surface area (Å²) in [5.74, 6) is 0.881. The number of aromatic nitrogens is 1. The quantitative estimate of drug-likeness (QED) is 0.161. The van der Waals surface area contributed by atoms with Crippen molar-refractivity contribution in [3.8, 4) is 56.0 Å². The number of anilines is 3. The summed E-state index contributed by atoms with van der Waals surface area (Å²) in [7, 11) is 0. The first-order chi connectivity index (χ1) is 32.6. The highest BCUT2D eigenvalue weighted by molar-refractivity contribution is 6.90. The van der Waals surface area contributed by atoms with Gasteiger partial charge in [0.15, 0.2) is 0 Å². The molecule has 12 rings (SSSR count). The topological polar surface area (TPSA) is 21.3 Å². The Kier molecular flexibility index (Phi) is 9.35. The Morgan fingerprint density at radius 3 is 1.51 bits per heavy atom. The number of nitrogens with zero attached hydrogens (tertiary/aromatic N) is 2. The van der Waals surface area contributed by atoms with Crippen molar-refractivity contribution in [1.29, 1.82) is 0 Å². The monoisotopic (exact) mass is 880 g/mol. The standard InChI is InChI=1S/C64H57BN2O/c1-62(2,3)44-30-32-47(33-31-44)66-53-38-50-55(68-61(43-28-20-13-21-29-43)57(50)41-24-16-11-17-25-41)39-52(53)65-58-48(34-46(37-54(58)66)64(7,8)9)49-35-45(63(4,5)6)36-51-56(40-22-14-10-15-23-40)59(67(65)60(49)51)42-26-18-12-19-27-42/h10-39H,1-9H3. The maximum Gasteiger partial charge on any atom is 0.333 e. The van der Waals surface area contributed by atoms with Gasteiger partial charge in [-0.1, -0.05) is 202 Å². The summed E-state index contributed by atoms with van der Waals surface area (Å²) >= 11 is 0. The fourth-order valence-electron chi connectivity index (χ4n) is 11.1. The summed E-state index contributed by atoms with van der Waals surface area (Å²) in [6.45, 7) is 20.8. The fourth-order valence-corrected chi connectivity index (χ4v) is 11.1. The van der Waals surface area contributed by atoms with Gasteiger partial charge in [-0.3, -0.25) is 0 Å². The van der Waals surface area contributed by atoms with Crippen LogP contribution in [0.2, 0.25) is 0 Å². The van der Waals surface area contributed by atoms with Crippen molar-refractivity contribution in [3.63, 3.8) is 0 Å². The Labute approximate surface area is 401 Å². The van der Waals surface area contributed by atoms with Crippen LogP contribution in [0.3, 0.4) is 0 Å². The number of furan rings is 1. The van der Waals surface area contributed by atoms with Crippen LogP contribution in [0.15, 0.2) is 186 Å². The van der Waals surface area contributed by atoms with Gasteiger partial charge in [0.05, 0.1) is 0 Å². The average molecular weight is 881 g/mol. The largest absolute Gasteiger partial charge is 0.455 e. The molecule has 0 atom stereocenters. The van der Waals surface area contributed by atoms with E-state index in [0.29, 0.717) is 0 Å². The van der Waals surface area contributed by atoms with E-state index in [1.165, 1.54) is 77.7 Å². The molecule has 0 radical (unpaired) electrons. The number of hydrogen-bond acceptors (Lipinski definition) is 2. The van der Waals surface area contributed by atoms with E-state index in [1.54, 1.807) is 0 Å². The predicted octanol–water partition coefficient (Wildman–Crippen LogP) is 16.4. The van der Waals surface area contributed by atoms with Gasteiger partial charge in [-0.25, -0.2) is 0 Å². The summed E-state index contributed by atoms with van der Waals surface area (Å²) in [5, 5.41) is 2.38. The molecule has 2 aromatic heterocycles. The van der Waals surface area contributed by atoms with Crippen LogP contribution < -0.4 is 15.8 Å². The summed E-state index contributed by atoms with van der Waals surface area (Å²) < 4.78 is 9.97.